The van der Waals surface area contributed by atoms with Gasteiger partial charge in [-0.1, -0.05) is 23.2 Å². The van der Waals surface area contributed by atoms with Crippen molar-refractivity contribution < 1.29 is 19.8 Å². The van der Waals surface area contributed by atoms with E-state index in [2.05, 4.69) is 5.32 Å². The van der Waals surface area contributed by atoms with Crippen LogP contribution in [0.4, 0.5) is 5.69 Å². The number of carbonyl (C=O) groups is 2. The van der Waals surface area contributed by atoms with Gasteiger partial charge in [0.15, 0.2) is 0 Å². The van der Waals surface area contributed by atoms with Gasteiger partial charge in [0.25, 0.3) is 5.91 Å². The number of benzene rings is 2. The van der Waals surface area contributed by atoms with Crippen LogP contribution >= 0.6 is 23.2 Å². The summed E-state index contributed by atoms with van der Waals surface area (Å²) in [7, 11) is 0. The van der Waals surface area contributed by atoms with Crippen molar-refractivity contribution in [2.75, 3.05) is 5.32 Å². The summed E-state index contributed by atoms with van der Waals surface area (Å²) < 4.78 is 0. The Morgan fingerprint density at radius 3 is 2.10 bits per heavy atom. The number of carbonyl (C=O) groups excluding carboxylic acids is 1. The zero-order chi connectivity index (χ0) is 15.6. The third-order valence-corrected chi connectivity index (χ3v) is 3.32. The van der Waals surface area contributed by atoms with Crippen molar-refractivity contribution in [3.8, 4) is 5.75 Å². The van der Waals surface area contributed by atoms with Gasteiger partial charge in [-0.2, -0.15) is 0 Å². The summed E-state index contributed by atoms with van der Waals surface area (Å²) in [6.07, 6.45) is 0. The summed E-state index contributed by atoms with van der Waals surface area (Å²) in [5.74, 6) is -1.86. The summed E-state index contributed by atoms with van der Waals surface area (Å²) >= 11 is 11.7. The largest absolute Gasteiger partial charge is 0.508 e. The zero-order valence-electron chi connectivity index (χ0n) is 10.4. The topological polar surface area (TPSA) is 86.6 Å². The molecule has 0 aromatic heterocycles. The molecule has 2 aromatic rings. The molecule has 0 atom stereocenters. The first-order valence-corrected chi connectivity index (χ1v) is 6.47. The first kappa shape index (κ1) is 15.2. The molecule has 1 amide bonds. The number of halogens is 2. The molecule has 5 nitrogen and oxygen atoms in total. The van der Waals surface area contributed by atoms with Crippen molar-refractivity contribution >= 4 is 40.8 Å². The first-order valence-electron chi connectivity index (χ1n) is 5.72. The van der Waals surface area contributed by atoms with E-state index in [9.17, 15) is 14.7 Å². The maximum absolute atomic E-state index is 12.1. The number of carboxylic acids is 1. The van der Waals surface area contributed by atoms with Gasteiger partial charge in [0.05, 0.1) is 15.7 Å². The molecule has 0 bridgehead atoms. The average molecular weight is 326 g/mol. The maximum atomic E-state index is 12.1. The van der Waals surface area contributed by atoms with Crippen LogP contribution < -0.4 is 5.32 Å². The molecule has 0 fully saturated rings. The summed E-state index contributed by atoms with van der Waals surface area (Å²) in [6, 6.07) is 8.19. The number of hydrogen-bond acceptors (Lipinski definition) is 3. The normalized spacial score (nSPS) is 10.2. The SMILES string of the molecule is O=C(Nc1c(Cl)ccc(Cl)c1C(=O)O)c1ccc(O)cc1. The maximum Gasteiger partial charge on any atom is 0.339 e. The summed E-state index contributed by atoms with van der Waals surface area (Å²) in [6.45, 7) is 0. The van der Waals surface area contributed by atoms with E-state index in [-0.39, 0.29) is 32.6 Å². The molecule has 0 aliphatic rings. The number of rotatable bonds is 3. The fraction of sp³-hybridized carbons (Fsp3) is 0. The highest BCUT2D eigenvalue weighted by Gasteiger charge is 2.20. The van der Waals surface area contributed by atoms with Crippen LogP contribution in [0.3, 0.4) is 0 Å². The third kappa shape index (κ3) is 3.26. The molecule has 2 aromatic carbocycles. The molecule has 3 N–H and O–H groups in total. The van der Waals surface area contributed by atoms with E-state index in [1.165, 1.54) is 36.4 Å². The number of hydrogen-bond donors (Lipinski definition) is 3. The Bertz CT molecular complexity index is 714. The van der Waals surface area contributed by atoms with Gasteiger partial charge in [-0.3, -0.25) is 4.79 Å². The van der Waals surface area contributed by atoms with Crippen LogP contribution in [0.15, 0.2) is 36.4 Å². The lowest BCUT2D eigenvalue weighted by Crippen LogP contribution is -2.15. The number of amides is 1. The Labute approximate surface area is 129 Å². The minimum absolute atomic E-state index is 0.0126. The molecular weight excluding hydrogens is 317 g/mol. The highest BCUT2D eigenvalue weighted by atomic mass is 35.5. The minimum Gasteiger partial charge on any atom is -0.508 e. The van der Waals surface area contributed by atoms with E-state index in [4.69, 9.17) is 28.3 Å². The predicted octanol–water partition coefficient (Wildman–Crippen LogP) is 3.65. The van der Waals surface area contributed by atoms with Gasteiger partial charge in [0.2, 0.25) is 0 Å². The van der Waals surface area contributed by atoms with E-state index in [1.54, 1.807) is 0 Å². The summed E-state index contributed by atoms with van der Waals surface area (Å²) in [5.41, 5.74) is -0.119. The van der Waals surface area contributed by atoms with Gasteiger partial charge >= 0.3 is 5.97 Å². The zero-order valence-corrected chi connectivity index (χ0v) is 11.9. The molecule has 0 saturated heterocycles. The van der Waals surface area contributed by atoms with E-state index < -0.39 is 11.9 Å². The molecule has 7 heteroatoms. The van der Waals surface area contributed by atoms with Crippen LogP contribution in [0, 0.1) is 0 Å². The van der Waals surface area contributed by atoms with Gasteiger partial charge in [-0.25, -0.2) is 4.79 Å². The fourth-order valence-electron chi connectivity index (χ4n) is 1.68. The van der Waals surface area contributed by atoms with E-state index in [1.807, 2.05) is 0 Å². The van der Waals surface area contributed by atoms with Crippen molar-refractivity contribution in [1.82, 2.24) is 0 Å². The van der Waals surface area contributed by atoms with E-state index >= 15 is 0 Å². The molecule has 21 heavy (non-hydrogen) atoms. The Kier molecular flexibility index (Phi) is 4.35. The van der Waals surface area contributed by atoms with Crippen molar-refractivity contribution in [2.45, 2.75) is 0 Å². The molecule has 0 unspecified atom stereocenters. The summed E-state index contributed by atoms with van der Waals surface area (Å²) in [5, 5.41) is 20.8. The number of phenols is 1. The number of nitrogens with one attached hydrogen (secondary N) is 1. The van der Waals surface area contributed by atoms with Crippen molar-refractivity contribution in [2.24, 2.45) is 0 Å². The van der Waals surface area contributed by atoms with Crippen LogP contribution in [0.25, 0.3) is 0 Å². The molecular formula is C14H9Cl2NO4. The fourth-order valence-corrected chi connectivity index (χ4v) is 2.12. The molecule has 0 spiro atoms. The van der Waals surface area contributed by atoms with Gasteiger partial charge in [-0.15, -0.1) is 0 Å². The van der Waals surface area contributed by atoms with Gasteiger partial charge < -0.3 is 15.5 Å². The Hall–Kier alpha value is -2.24. The first-order chi connectivity index (χ1) is 9.90. The third-order valence-electron chi connectivity index (χ3n) is 2.69. The predicted molar refractivity (Wildman–Crippen MR) is 79.5 cm³/mol. The lowest BCUT2D eigenvalue weighted by atomic mass is 10.1. The molecule has 2 rings (SSSR count). The molecule has 0 heterocycles. The highest BCUT2D eigenvalue weighted by Crippen LogP contribution is 2.32. The molecule has 108 valence electrons. The smallest absolute Gasteiger partial charge is 0.339 e. The number of anilines is 1. The molecule has 0 saturated carbocycles. The van der Waals surface area contributed by atoms with E-state index in [0.717, 1.165) is 0 Å². The monoisotopic (exact) mass is 325 g/mol. The lowest BCUT2D eigenvalue weighted by molar-refractivity contribution is 0.0698. The van der Waals surface area contributed by atoms with Crippen molar-refractivity contribution in [3.63, 3.8) is 0 Å². The van der Waals surface area contributed by atoms with Gasteiger partial charge in [0.1, 0.15) is 11.3 Å². The molecule has 0 aliphatic carbocycles. The van der Waals surface area contributed by atoms with Crippen LogP contribution in [0.1, 0.15) is 20.7 Å². The van der Waals surface area contributed by atoms with E-state index in [0.29, 0.717) is 0 Å². The Morgan fingerprint density at radius 1 is 0.952 bits per heavy atom. The second-order valence-electron chi connectivity index (χ2n) is 4.09. The second-order valence-corrected chi connectivity index (χ2v) is 4.90. The van der Waals surface area contributed by atoms with Crippen LogP contribution in [-0.2, 0) is 0 Å². The lowest BCUT2D eigenvalue weighted by Gasteiger charge is -2.12. The summed E-state index contributed by atoms with van der Waals surface area (Å²) in [4.78, 5) is 23.3. The number of carboxylic acid groups (broad SMARTS) is 1. The minimum atomic E-state index is -1.30. The molecule has 0 aliphatic heterocycles. The van der Waals surface area contributed by atoms with Gasteiger partial charge in [-0.05, 0) is 36.4 Å². The standard InChI is InChI=1S/C14H9Cl2NO4/c15-9-5-6-10(16)12(11(9)14(20)21)17-13(19)7-1-3-8(18)4-2-7/h1-6,18H,(H,17,19)(H,20,21). The number of aromatic hydroxyl groups is 1. The molecule has 0 radical (unpaired) electrons. The average Bonchev–Trinajstić information content (AvgIpc) is 2.43. The number of phenolic OH excluding ortho intramolecular Hbond substituents is 1. The van der Waals surface area contributed by atoms with Crippen molar-refractivity contribution in [1.29, 1.82) is 0 Å². The Balaban J connectivity index is 2.39. The van der Waals surface area contributed by atoms with Gasteiger partial charge in [0, 0.05) is 5.56 Å². The Morgan fingerprint density at radius 2 is 1.52 bits per heavy atom. The quantitative estimate of drug-likeness (QED) is 0.803. The highest BCUT2D eigenvalue weighted by molar-refractivity contribution is 6.38. The second kappa shape index (κ2) is 6.03. The number of aromatic carboxylic acids is 1. The van der Waals surface area contributed by atoms with Crippen LogP contribution in [0.2, 0.25) is 10.0 Å². The van der Waals surface area contributed by atoms with Crippen LogP contribution in [0.5, 0.6) is 5.75 Å². The van der Waals surface area contributed by atoms with Crippen LogP contribution in [-0.4, -0.2) is 22.1 Å². The van der Waals surface area contributed by atoms with Crippen molar-refractivity contribution in [3.05, 3.63) is 57.6 Å².